The summed E-state index contributed by atoms with van der Waals surface area (Å²) in [4.78, 5) is 44.5. The Morgan fingerprint density at radius 3 is 2.69 bits per heavy atom. The lowest BCUT2D eigenvalue weighted by Gasteiger charge is -2.29. The summed E-state index contributed by atoms with van der Waals surface area (Å²) in [6.45, 7) is 3.17. The molecule has 10 nitrogen and oxygen atoms in total. The third-order valence-corrected chi connectivity index (χ3v) is 7.92. The standard InChI is InChI=1S/C28H29N3O7S/c1-17-16-39-26-24(17)25(32)31(19-12-18(13-29-14-19)27(33)36-3)28(34)30(26)15-23(38-20-8-10-37-11-9-20)21-6-4-5-7-22(21)35-2/h4-7,12-14,16,20,23H,8-11,15H2,1-3H3/t23-/m0/s1. The Balaban J connectivity index is 1.68. The molecular formula is C28H29N3O7S. The lowest BCUT2D eigenvalue weighted by molar-refractivity contribution is -0.0752. The topological polar surface area (TPSA) is 111 Å². The van der Waals surface area contributed by atoms with Crippen molar-refractivity contribution in [3.8, 4) is 11.4 Å². The number of hydrogen-bond donors (Lipinski definition) is 0. The maximum Gasteiger partial charge on any atom is 0.339 e. The van der Waals surface area contributed by atoms with E-state index in [4.69, 9.17) is 18.9 Å². The molecule has 0 spiro atoms. The van der Waals surface area contributed by atoms with Crippen LogP contribution in [0.1, 0.15) is 40.4 Å². The van der Waals surface area contributed by atoms with Crippen LogP contribution >= 0.6 is 11.3 Å². The molecule has 39 heavy (non-hydrogen) atoms. The maximum absolute atomic E-state index is 14.1. The van der Waals surface area contributed by atoms with E-state index in [9.17, 15) is 14.4 Å². The van der Waals surface area contributed by atoms with E-state index >= 15 is 0 Å². The van der Waals surface area contributed by atoms with E-state index in [0.29, 0.717) is 29.2 Å². The molecule has 0 amide bonds. The average molecular weight is 552 g/mol. The Morgan fingerprint density at radius 1 is 1.18 bits per heavy atom. The second kappa shape index (κ2) is 11.5. The maximum atomic E-state index is 14.1. The fourth-order valence-corrected chi connectivity index (χ4v) is 5.87. The van der Waals surface area contributed by atoms with Crippen LogP contribution in [0.5, 0.6) is 5.75 Å². The van der Waals surface area contributed by atoms with Gasteiger partial charge in [0, 0.05) is 25.0 Å². The zero-order chi connectivity index (χ0) is 27.5. The molecule has 4 aromatic rings. The Kier molecular flexibility index (Phi) is 7.92. The van der Waals surface area contributed by atoms with Crippen LogP contribution in [0.25, 0.3) is 15.9 Å². The number of benzene rings is 1. The number of methoxy groups -OCH3 is 2. The predicted octanol–water partition coefficient (Wildman–Crippen LogP) is 3.65. The number of pyridine rings is 1. The molecule has 0 aliphatic carbocycles. The summed E-state index contributed by atoms with van der Waals surface area (Å²) in [5.41, 5.74) is 0.811. The molecule has 1 fully saturated rings. The molecule has 3 aromatic heterocycles. The van der Waals surface area contributed by atoms with E-state index in [-0.39, 0.29) is 23.9 Å². The molecular weight excluding hydrogens is 522 g/mol. The minimum absolute atomic E-state index is 0.0585. The van der Waals surface area contributed by atoms with Gasteiger partial charge in [0.25, 0.3) is 5.56 Å². The molecule has 0 unspecified atom stereocenters. The SMILES string of the molecule is COC(=O)c1cncc(-n2c(=O)c3c(C)csc3n(C[C@H](OC3CCOCC3)c3ccccc3OC)c2=O)c1. The van der Waals surface area contributed by atoms with Crippen LogP contribution < -0.4 is 16.0 Å². The van der Waals surface area contributed by atoms with E-state index in [0.717, 1.165) is 28.5 Å². The highest BCUT2D eigenvalue weighted by molar-refractivity contribution is 7.17. The summed E-state index contributed by atoms with van der Waals surface area (Å²) in [5, 5.41) is 2.28. The number of fused-ring (bicyclic) bond motifs is 1. The van der Waals surface area contributed by atoms with Gasteiger partial charge in [-0.05, 0) is 42.8 Å². The lowest BCUT2D eigenvalue weighted by atomic mass is 10.1. The number of aryl methyl sites for hydroxylation is 1. The van der Waals surface area contributed by atoms with Gasteiger partial charge in [-0.25, -0.2) is 14.2 Å². The number of aromatic nitrogens is 3. The fourth-order valence-electron chi connectivity index (χ4n) is 4.82. The Morgan fingerprint density at radius 2 is 1.95 bits per heavy atom. The van der Waals surface area contributed by atoms with Gasteiger partial charge in [0.1, 0.15) is 16.7 Å². The van der Waals surface area contributed by atoms with Crippen molar-refractivity contribution < 1.29 is 23.7 Å². The quantitative estimate of drug-likeness (QED) is 0.305. The van der Waals surface area contributed by atoms with Crippen molar-refractivity contribution in [2.45, 2.75) is 38.5 Å². The van der Waals surface area contributed by atoms with Crippen molar-refractivity contribution >= 4 is 27.5 Å². The highest BCUT2D eigenvalue weighted by Gasteiger charge is 2.27. The first kappa shape index (κ1) is 26.8. The van der Waals surface area contributed by atoms with Crippen molar-refractivity contribution in [2.75, 3.05) is 27.4 Å². The molecule has 1 aliphatic heterocycles. The van der Waals surface area contributed by atoms with Gasteiger partial charge >= 0.3 is 11.7 Å². The molecule has 4 heterocycles. The van der Waals surface area contributed by atoms with Gasteiger partial charge in [0.05, 0.1) is 49.7 Å². The number of carbonyl (C=O) groups is 1. The largest absolute Gasteiger partial charge is 0.496 e. The van der Waals surface area contributed by atoms with E-state index < -0.39 is 23.3 Å². The monoisotopic (exact) mass is 551 g/mol. The van der Waals surface area contributed by atoms with Crippen LogP contribution in [0.4, 0.5) is 0 Å². The number of esters is 1. The molecule has 0 N–H and O–H groups in total. The van der Waals surface area contributed by atoms with E-state index in [1.54, 1.807) is 11.7 Å². The summed E-state index contributed by atoms with van der Waals surface area (Å²) >= 11 is 1.33. The second-order valence-corrected chi connectivity index (χ2v) is 10.1. The van der Waals surface area contributed by atoms with Gasteiger partial charge in [0.2, 0.25) is 0 Å². The van der Waals surface area contributed by atoms with Crippen molar-refractivity contribution in [1.82, 2.24) is 14.1 Å². The Bertz CT molecular complexity index is 1620. The number of ether oxygens (including phenoxy) is 4. The van der Waals surface area contributed by atoms with E-state index in [1.807, 2.05) is 36.6 Å². The number of rotatable bonds is 8. The van der Waals surface area contributed by atoms with Gasteiger partial charge in [-0.15, -0.1) is 11.3 Å². The molecule has 0 radical (unpaired) electrons. The molecule has 204 valence electrons. The number of nitrogens with zero attached hydrogens (tertiary/aromatic N) is 3. The summed E-state index contributed by atoms with van der Waals surface area (Å²) < 4.78 is 25.2. The molecule has 1 aliphatic rings. The van der Waals surface area contributed by atoms with Crippen LogP contribution in [0, 0.1) is 6.92 Å². The van der Waals surface area contributed by atoms with Crippen molar-refractivity contribution in [3.63, 3.8) is 0 Å². The van der Waals surface area contributed by atoms with Crippen LogP contribution in [0.2, 0.25) is 0 Å². The molecule has 11 heteroatoms. The third-order valence-electron chi connectivity index (χ3n) is 6.80. The molecule has 0 bridgehead atoms. The minimum Gasteiger partial charge on any atom is -0.496 e. The number of carbonyl (C=O) groups excluding carboxylic acids is 1. The number of hydrogen-bond acceptors (Lipinski definition) is 9. The lowest BCUT2D eigenvalue weighted by Crippen LogP contribution is -2.40. The van der Waals surface area contributed by atoms with E-state index in [1.165, 1.54) is 36.9 Å². The predicted molar refractivity (Wildman–Crippen MR) is 146 cm³/mol. The zero-order valence-electron chi connectivity index (χ0n) is 21.9. The van der Waals surface area contributed by atoms with Crippen molar-refractivity contribution in [3.05, 3.63) is 85.6 Å². The van der Waals surface area contributed by atoms with Crippen LogP contribution in [-0.2, 0) is 20.8 Å². The second-order valence-electron chi connectivity index (χ2n) is 9.23. The first-order valence-electron chi connectivity index (χ1n) is 12.6. The molecule has 5 rings (SSSR count). The summed E-state index contributed by atoms with van der Waals surface area (Å²) in [6.07, 6.45) is 3.57. The first-order chi connectivity index (χ1) is 18.9. The van der Waals surface area contributed by atoms with E-state index in [2.05, 4.69) is 4.98 Å². The van der Waals surface area contributed by atoms with Crippen molar-refractivity contribution in [2.24, 2.45) is 0 Å². The van der Waals surface area contributed by atoms with Crippen molar-refractivity contribution in [1.29, 1.82) is 0 Å². The highest BCUT2D eigenvalue weighted by atomic mass is 32.1. The van der Waals surface area contributed by atoms with Crippen LogP contribution in [0.3, 0.4) is 0 Å². The molecule has 1 aromatic carbocycles. The summed E-state index contributed by atoms with van der Waals surface area (Å²) in [7, 11) is 2.85. The van der Waals surface area contributed by atoms with Gasteiger partial charge < -0.3 is 18.9 Å². The third kappa shape index (κ3) is 5.25. The van der Waals surface area contributed by atoms with Gasteiger partial charge in [-0.2, -0.15) is 0 Å². The molecule has 1 saturated heterocycles. The summed E-state index contributed by atoms with van der Waals surface area (Å²) in [5.74, 6) is 0.0242. The average Bonchev–Trinajstić information content (AvgIpc) is 3.36. The van der Waals surface area contributed by atoms with Gasteiger partial charge in [-0.1, -0.05) is 18.2 Å². The Hall–Kier alpha value is -3.80. The molecule has 0 saturated carbocycles. The first-order valence-corrected chi connectivity index (χ1v) is 13.4. The number of thiophene rings is 1. The zero-order valence-corrected chi connectivity index (χ0v) is 22.7. The number of para-hydroxylation sites is 1. The Labute approximate surface area is 228 Å². The molecule has 1 atom stereocenters. The smallest absolute Gasteiger partial charge is 0.339 e. The summed E-state index contributed by atoms with van der Waals surface area (Å²) in [6, 6.07) is 8.98. The van der Waals surface area contributed by atoms with Gasteiger partial charge in [0.15, 0.2) is 0 Å². The highest BCUT2D eigenvalue weighted by Crippen LogP contribution is 2.33. The van der Waals surface area contributed by atoms with Gasteiger partial charge in [-0.3, -0.25) is 14.3 Å². The normalized spacial score (nSPS) is 14.8. The van der Waals surface area contributed by atoms with Crippen LogP contribution in [-0.4, -0.2) is 53.6 Å². The fraction of sp³-hybridized carbons (Fsp3) is 0.357. The van der Waals surface area contributed by atoms with Crippen LogP contribution in [0.15, 0.2) is 57.7 Å². The minimum atomic E-state index is -0.619.